The maximum atomic E-state index is 9.65. The molecule has 8 rings (SSSR count). The lowest BCUT2D eigenvalue weighted by Gasteiger charge is -2.14. The van der Waals surface area contributed by atoms with Crippen LogP contribution in [0.1, 0.15) is 16.7 Å². The van der Waals surface area contributed by atoms with E-state index in [0.29, 0.717) is 16.7 Å². The molecule has 0 N–H and O–H groups in total. The molecule has 2 aromatic heterocycles. The number of hydrogen-bond acceptors (Lipinski definition) is 4. The van der Waals surface area contributed by atoms with Crippen LogP contribution in [0.3, 0.4) is 0 Å². The lowest BCUT2D eigenvalue weighted by molar-refractivity contribution is 0.669. The minimum atomic E-state index is 0.558. The number of hydrogen-bond donors (Lipinski definition) is 0. The quantitative estimate of drug-likeness (QED) is 0.215. The highest BCUT2D eigenvalue weighted by atomic mass is 16.3. The molecule has 0 saturated heterocycles. The molecule has 5 heteroatoms. The van der Waals surface area contributed by atoms with E-state index in [0.717, 1.165) is 71.7 Å². The molecule has 0 unspecified atom stereocenters. The third kappa shape index (κ3) is 3.92. The van der Waals surface area contributed by atoms with Gasteiger partial charge < -0.3 is 8.98 Å². The first-order valence-corrected chi connectivity index (χ1v) is 14.1. The van der Waals surface area contributed by atoms with Gasteiger partial charge in [-0.3, -0.25) is 0 Å². The van der Waals surface area contributed by atoms with E-state index in [4.69, 9.17) is 4.42 Å². The van der Waals surface area contributed by atoms with Crippen molar-refractivity contribution in [2.75, 3.05) is 0 Å². The summed E-state index contributed by atoms with van der Waals surface area (Å²) in [5.41, 5.74) is 10.1. The molecule has 0 aliphatic carbocycles. The van der Waals surface area contributed by atoms with Crippen LogP contribution >= 0.6 is 0 Å². The summed E-state index contributed by atoms with van der Waals surface area (Å²) in [4.78, 5) is 0. The summed E-state index contributed by atoms with van der Waals surface area (Å²) in [5, 5.41) is 32.8. The normalized spacial score (nSPS) is 11.1. The van der Waals surface area contributed by atoms with Crippen molar-refractivity contribution in [1.82, 2.24) is 4.57 Å². The van der Waals surface area contributed by atoms with Crippen molar-refractivity contribution < 1.29 is 4.42 Å². The Balaban J connectivity index is 1.44. The molecule has 0 radical (unpaired) electrons. The summed E-state index contributed by atoms with van der Waals surface area (Å²) in [6.07, 6.45) is 0. The molecule has 44 heavy (non-hydrogen) atoms. The molecular weight excluding hydrogens is 540 g/mol. The van der Waals surface area contributed by atoms with Crippen LogP contribution < -0.4 is 0 Å². The first-order valence-electron chi connectivity index (χ1n) is 14.1. The van der Waals surface area contributed by atoms with Crippen LogP contribution in [-0.4, -0.2) is 4.57 Å². The molecule has 202 valence electrons. The minimum Gasteiger partial charge on any atom is -0.456 e. The molecule has 0 aliphatic rings. The lowest BCUT2D eigenvalue weighted by Crippen LogP contribution is -1.96. The second-order valence-corrected chi connectivity index (χ2v) is 10.8. The van der Waals surface area contributed by atoms with E-state index in [1.165, 1.54) is 0 Å². The highest BCUT2D eigenvalue weighted by Crippen LogP contribution is 2.38. The molecule has 5 nitrogen and oxygen atoms in total. The molecule has 0 aliphatic heterocycles. The zero-order valence-corrected chi connectivity index (χ0v) is 23.2. The largest absolute Gasteiger partial charge is 0.456 e. The van der Waals surface area contributed by atoms with E-state index in [2.05, 4.69) is 59.2 Å². The molecule has 2 heterocycles. The van der Waals surface area contributed by atoms with Gasteiger partial charge in [-0.15, -0.1) is 0 Å². The summed E-state index contributed by atoms with van der Waals surface area (Å²) < 4.78 is 8.28. The van der Waals surface area contributed by atoms with Gasteiger partial charge in [0.15, 0.2) is 0 Å². The maximum absolute atomic E-state index is 9.65. The van der Waals surface area contributed by atoms with Gasteiger partial charge in [0.2, 0.25) is 0 Å². The van der Waals surface area contributed by atoms with Gasteiger partial charge in [-0.25, -0.2) is 0 Å². The Bertz CT molecular complexity index is 2530. The van der Waals surface area contributed by atoms with Gasteiger partial charge in [0, 0.05) is 27.2 Å². The van der Waals surface area contributed by atoms with Crippen LogP contribution in [0.15, 0.2) is 126 Å². The number of benzene rings is 6. The van der Waals surface area contributed by atoms with E-state index >= 15 is 0 Å². The van der Waals surface area contributed by atoms with Crippen LogP contribution in [0.4, 0.5) is 0 Å². The van der Waals surface area contributed by atoms with Gasteiger partial charge in [-0.05, 0) is 107 Å². The fourth-order valence-electron chi connectivity index (χ4n) is 6.19. The monoisotopic (exact) mass is 560 g/mol. The van der Waals surface area contributed by atoms with E-state index < -0.39 is 0 Å². The molecule has 0 amide bonds. The molecule has 0 fully saturated rings. The zero-order valence-electron chi connectivity index (χ0n) is 23.2. The smallest absolute Gasteiger partial charge is 0.135 e. The average Bonchev–Trinajstić information content (AvgIpc) is 3.62. The lowest BCUT2D eigenvalue weighted by atomic mass is 9.96. The highest BCUT2D eigenvalue weighted by Gasteiger charge is 2.17. The van der Waals surface area contributed by atoms with Gasteiger partial charge in [-0.2, -0.15) is 15.8 Å². The fourth-order valence-corrected chi connectivity index (χ4v) is 6.19. The summed E-state index contributed by atoms with van der Waals surface area (Å²) >= 11 is 0. The van der Waals surface area contributed by atoms with Crippen molar-refractivity contribution in [2.24, 2.45) is 0 Å². The molecule has 8 aromatic rings. The standard InChI is InChI=1S/C39H20N4O/c40-21-24-4-3-5-27(14-24)29-17-30(28-10-13-39-35(20-28)32-6-1-2-7-38(32)44-39)19-31(18-29)43-36-11-8-25(22-41)15-33(36)34-16-26(23-42)9-12-37(34)43/h1-20H. The summed E-state index contributed by atoms with van der Waals surface area (Å²) in [7, 11) is 0. The van der Waals surface area contributed by atoms with Gasteiger partial charge in [0.25, 0.3) is 0 Å². The number of nitrogens with zero attached hydrogens (tertiary/aromatic N) is 4. The van der Waals surface area contributed by atoms with Gasteiger partial charge in [0.1, 0.15) is 11.2 Å². The second-order valence-electron chi connectivity index (χ2n) is 10.8. The van der Waals surface area contributed by atoms with Crippen molar-refractivity contribution >= 4 is 43.7 Å². The molecule has 0 atom stereocenters. The van der Waals surface area contributed by atoms with Gasteiger partial charge in [0.05, 0.1) is 45.9 Å². The minimum absolute atomic E-state index is 0.558. The van der Waals surface area contributed by atoms with E-state index in [-0.39, 0.29) is 0 Å². The third-order valence-corrected chi connectivity index (χ3v) is 8.23. The van der Waals surface area contributed by atoms with Crippen molar-refractivity contribution in [2.45, 2.75) is 0 Å². The number of para-hydroxylation sites is 1. The van der Waals surface area contributed by atoms with E-state index in [9.17, 15) is 15.8 Å². The predicted molar refractivity (Wildman–Crippen MR) is 173 cm³/mol. The molecule has 0 bridgehead atoms. The first kappa shape index (κ1) is 25.1. The number of rotatable bonds is 3. The van der Waals surface area contributed by atoms with E-state index in [1.54, 1.807) is 6.07 Å². The van der Waals surface area contributed by atoms with Crippen LogP contribution in [-0.2, 0) is 0 Å². The fraction of sp³-hybridized carbons (Fsp3) is 0. The van der Waals surface area contributed by atoms with Crippen LogP contribution in [0.5, 0.6) is 0 Å². The van der Waals surface area contributed by atoms with Gasteiger partial charge >= 0.3 is 0 Å². The zero-order chi connectivity index (χ0) is 29.8. The molecule has 6 aromatic carbocycles. The Morgan fingerprint density at radius 1 is 0.432 bits per heavy atom. The Kier molecular flexibility index (Phi) is 5.56. The topological polar surface area (TPSA) is 89.4 Å². The van der Waals surface area contributed by atoms with Crippen molar-refractivity contribution in [3.63, 3.8) is 0 Å². The van der Waals surface area contributed by atoms with Crippen molar-refractivity contribution in [3.05, 3.63) is 138 Å². The van der Waals surface area contributed by atoms with Crippen molar-refractivity contribution in [3.8, 4) is 46.1 Å². The number of aromatic nitrogens is 1. The molecule has 0 spiro atoms. The highest BCUT2D eigenvalue weighted by molar-refractivity contribution is 6.10. The number of fused-ring (bicyclic) bond motifs is 6. The van der Waals surface area contributed by atoms with Crippen LogP contribution in [0.25, 0.3) is 71.7 Å². The Morgan fingerprint density at radius 2 is 1.05 bits per heavy atom. The van der Waals surface area contributed by atoms with E-state index in [1.807, 2.05) is 78.9 Å². The Morgan fingerprint density at radius 3 is 1.73 bits per heavy atom. The SMILES string of the molecule is N#Cc1cccc(-c2cc(-c3ccc4oc5ccccc5c4c3)cc(-n3c4ccc(C#N)cc4c4cc(C#N)ccc43)c2)c1. The first-order chi connectivity index (χ1) is 21.6. The van der Waals surface area contributed by atoms with Gasteiger partial charge in [-0.1, -0.05) is 36.4 Å². The van der Waals surface area contributed by atoms with Crippen LogP contribution in [0.2, 0.25) is 0 Å². The summed E-state index contributed by atoms with van der Waals surface area (Å²) in [6, 6.07) is 46.5. The Labute approximate surface area is 252 Å². The number of furan rings is 1. The summed E-state index contributed by atoms with van der Waals surface area (Å²) in [6.45, 7) is 0. The Hall–Kier alpha value is -6.61. The second kappa shape index (κ2) is 9.74. The van der Waals surface area contributed by atoms with Crippen LogP contribution in [0, 0.1) is 34.0 Å². The summed E-state index contributed by atoms with van der Waals surface area (Å²) in [5.74, 6) is 0. The predicted octanol–water partition coefficient (Wildman–Crippen LogP) is 9.63. The third-order valence-electron chi connectivity index (χ3n) is 8.23. The average molecular weight is 561 g/mol. The number of nitriles is 3. The molecule has 0 saturated carbocycles. The maximum Gasteiger partial charge on any atom is 0.135 e. The molecular formula is C39H20N4O. The van der Waals surface area contributed by atoms with Crippen molar-refractivity contribution in [1.29, 1.82) is 15.8 Å².